The van der Waals surface area contributed by atoms with E-state index in [1.165, 1.54) is 5.56 Å². The highest BCUT2D eigenvalue weighted by atomic mass is 15.1. The Morgan fingerprint density at radius 2 is 1.69 bits per heavy atom. The normalized spacial score (nSPS) is 15.1. The molecular formula is C14H24N2. The van der Waals surface area contributed by atoms with Crippen LogP contribution >= 0.6 is 0 Å². The van der Waals surface area contributed by atoms with Crippen molar-refractivity contribution in [3.63, 3.8) is 0 Å². The van der Waals surface area contributed by atoms with Crippen LogP contribution in [0.2, 0.25) is 0 Å². The number of hydrogen-bond donors (Lipinski definition) is 1. The van der Waals surface area contributed by atoms with Gasteiger partial charge in [-0.2, -0.15) is 0 Å². The molecule has 0 aliphatic carbocycles. The molecule has 2 heteroatoms. The van der Waals surface area contributed by atoms with Gasteiger partial charge in [0.05, 0.1) is 0 Å². The zero-order valence-electron chi connectivity index (χ0n) is 10.7. The first-order valence-electron chi connectivity index (χ1n) is 6.14. The third-order valence-corrected chi connectivity index (χ3v) is 3.39. The molecule has 0 amide bonds. The van der Waals surface area contributed by atoms with E-state index in [9.17, 15) is 0 Å². The number of likely N-dealkylation sites (N-methyl/N-ethyl adjacent to an activating group) is 1. The molecule has 1 rings (SSSR count). The second kappa shape index (κ2) is 6.02. The summed E-state index contributed by atoms with van der Waals surface area (Å²) in [5.41, 5.74) is 7.37. The zero-order chi connectivity index (χ0) is 12.0. The number of nitrogens with two attached hydrogens (primary N) is 1. The lowest BCUT2D eigenvalue weighted by Crippen LogP contribution is -2.43. The van der Waals surface area contributed by atoms with Crippen LogP contribution in [0, 0.1) is 0 Å². The molecular weight excluding hydrogens is 196 g/mol. The minimum Gasteiger partial charge on any atom is -0.330 e. The molecule has 0 aliphatic rings. The zero-order valence-corrected chi connectivity index (χ0v) is 10.7. The van der Waals surface area contributed by atoms with Crippen LogP contribution in [0.15, 0.2) is 30.3 Å². The lowest BCUT2D eigenvalue weighted by Gasteiger charge is -2.34. The summed E-state index contributed by atoms with van der Waals surface area (Å²) in [6.45, 7) is 10.5. The third-order valence-electron chi connectivity index (χ3n) is 3.39. The van der Waals surface area contributed by atoms with Crippen LogP contribution in [0.3, 0.4) is 0 Å². The van der Waals surface area contributed by atoms with Gasteiger partial charge in [-0.15, -0.1) is 0 Å². The fourth-order valence-electron chi connectivity index (χ4n) is 2.05. The van der Waals surface area contributed by atoms with Crippen molar-refractivity contribution in [2.24, 2.45) is 5.73 Å². The van der Waals surface area contributed by atoms with Crippen LogP contribution in [-0.4, -0.2) is 31.1 Å². The van der Waals surface area contributed by atoms with Gasteiger partial charge in [-0.3, -0.25) is 0 Å². The van der Waals surface area contributed by atoms with Crippen molar-refractivity contribution in [3.8, 4) is 0 Å². The number of hydrogen-bond acceptors (Lipinski definition) is 2. The Hall–Kier alpha value is -0.860. The predicted octanol–water partition coefficient (Wildman–Crippen LogP) is 2.24. The third kappa shape index (κ3) is 3.06. The molecule has 0 saturated heterocycles. The molecule has 0 saturated carbocycles. The molecule has 0 heterocycles. The van der Waals surface area contributed by atoms with Crippen LogP contribution in [-0.2, 0) is 5.41 Å². The summed E-state index contributed by atoms with van der Waals surface area (Å²) in [4.78, 5) is 2.43. The highest BCUT2D eigenvalue weighted by molar-refractivity contribution is 5.25. The molecule has 0 fully saturated rings. The highest BCUT2D eigenvalue weighted by Gasteiger charge is 2.26. The van der Waals surface area contributed by atoms with Gasteiger partial charge in [0.15, 0.2) is 0 Å². The second-order valence-electron chi connectivity index (χ2n) is 4.59. The van der Waals surface area contributed by atoms with Gasteiger partial charge < -0.3 is 10.6 Å². The maximum Gasteiger partial charge on any atom is 0.0174 e. The van der Waals surface area contributed by atoms with Crippen LogP contribution < -0.4 is 5.73 Å². The van der Waals surface area contributed by atoms with E-state index in [2.05, 4.69) is 56.0 Å². The molecule has 2 nitrogen and oxygen atoms in total. The van der Waals surface area contributed by atoms with Gasteiger partial charge in [0.25, 0.3) is 0 Å². The van der Waals surface area contributed by atoms with Crippen molar-refractivity contribution in [3.05, 3.63) is 35.9 Å². The molecule has 16 heavy (non-hydrogen) atoms. The van der Waals surface area contributed by atoms with Crippen LogP contribution in [0.25, 0.3) is 0 Å². The Morgan fingerprint density at radius 3 is 2.12 bits per heavy atom. The van der Waals surface area contributed by atoms with Crippen molar-refractivity contribution in [1.82, 2.24) is 4.90 Å². The van der Waals surface area contributed by atoms with Gasteiger partial charge in [0, 0.05) is 18.5 Å². The summed E-state index contributed by atoms with van der Waals surface area (Å²) in [5.74, 6) is 0. The predicted molar refractivity (Wildman–Crippen MR) is 70.6 cm³/mol. The molecule has 1 atom stereocenters. The van der Waals surface area contributed by atoms with E-state index in [0.717, 1.165) is 19.6 Å². The molecule has 90 valence electrons. The molecule has 0 bridgehead atoms. The van der Waals surface area contributed by atoms with Gasteiger partial charge in [-0.05, 0) is 18.7 Å². The molecule has 1 aromatic rings. The van der Waals surface area contributed by atoms with Crippen molar-refractivity contribution >= 4 is 0 Å². The maximum absolute atomic E-state index is 5.97. The quantitative estimate of drug-likeness (QED) is 0.796. The molecule has 0 aromatic heterocycles. The molecule has 2 N–H and O–H groups in total. The molecule has 1 unspecified atom stereocenters. The Kier molecular flexibility index (Phi) is 4.97. The minimum absolute atomic E-state index is 0.0628. The van der Waals surface area contributed by atoms with Crippen LogP contribution in [0.4, 0.5) is 0 Å². The first-order valence-corrected chi connectivity index (χ1v) is 6.14. The standard InChI is InChI=1S/C14H24N2/c1-4-16(5-2)12-14(3,11-15)13-9-7-6-8-10-13/h6-10H,4-5,11-12,15H2,1-3H3. The number of benzene rings is 1. The fraction of sp³-hybridized carbons (Fsp3) is 0.571. The lowest BCUT2D eigenvalue weighted by molar-refractivity contribution is 0.237. The Balaban J connectivity index is 2.85. The van der Waals surface area contributed by atoms with Crippen LogP contribution in [0.5, 0.6) is 0 Å². The minimum atomic E-state index is 0.0628. The second-order valence-corrected chi connectivity index (χ2v) is 4.59. The van der Waals surface area contributed by atoms with E-state index < -0.39 is 0 Å². The van der Waals surface area contributed by atoms with Gasteiger partial charge in [0.1, 0.15) is 0 Å². The largest absolute Gasteiger partial charge is 0.330 e. The molecule has 0 radical (unpaired) electrons. The van der Waals surface area contributed by atoms with E-state index in [0.29, 0.717) is 6.54 Å². The summed E-state index contributed by atoms with van der Waals surface area (Å²) in [6.07, 6.45) is 0. The molecule has 1 aromatic carbocycles. The number of nitrogens with zero attached hydrogens (tertiary/aromatic N) is 1. The van der Waals surface area contributed by atoms with Gasteiger partial charge in [-0.25, -0.2) is 0 Å². The van der Waals surface area contributed by atoms with Crippen LogP contribution in [0.1, 0.15) is 26.3 Å². The first-order chi connectivity index (χ1) is 7.66. The average Bonchev–Trinajstić information content (AvgIpc) is 2.36. The van der Waals surface area contributed by atoms with Crippen molar-refractivity contribution in [2.75, 3.05) is 26.2 Å². The van der Waals surface area contributed by atoms with E-state index >= 15 is 0 Å². The summed E-state index contributed by atoms with van der Waals surface area (Å²) in [5, 5.41) is 0. The lowest BCUT2D eigenvalue weighted by atomic mass is 9.82. The fourth-order valence-corrected chi connectivity index (χ4v) is 2.05. The highest BCUT2D eigenvalue weighted by Crippen LogP contribution is 2.23. The summed E-state index contributed by atoms with van der Waals surface area (Å²) < 4.78 is 0. The van der Waals surface area contributed by atoms with Crippen molar-refractivity contribution in [1.29, 1.82) is 0 Å². The van der Waals surface area contributed by atoms with Gasteiger partial charge in [0.2, 0.25) is 0 Å². The molecule has 0 aliphatic heterocycles. The topological polar surface area (TPSA) is 29.3 Å². The smallest absolute Gasteiger partial charge is 0.0174 e. The summed E-state index contributed by atoms with van der Waals surface area (Å²) in [7, 11) is 0. The van der Waals surface area contributed by atoms with Gasteiger partial charge in [-0.1, -0.05) is 51.1 Å². The summed E-state index contributed by atoms with van der Waals surface area (Å²) >= 11 is 0. The van der Waals surface area contributed by atoms with E-state index in [4.69, 9.17) is 5.73 Å². The van der Waals surface area contributed by atoms with E-state index in [1.54, 1.807) is 0 Å². The first kappa shape index (κ1) is 13.2. The average molecular weight is 220 g/mol. The van der Waals surface area contributed by atoms with E-state index in [1.807, 2.05) is 0 Å². The molecule has 0 spiro atoms. The SMILES string of the molecule is CCN(CC)CC(C)(CN)c1ccccc1. The number of rotatable bonds is 6. The van der Waals surface area contributed by atoms with Crippen molar-refractivity contribution < 1.29 is 0 Å². The Labute approximate surface area is 99.5 Å². The Bertz CT molecular complexity index is 293. The maximum atomic E-state index is 5.97. The Morgan fingerprint density at radius 1 is 1.12 bits per heavy atom. The monoisotopic (exact) mass is 220 g/mol. The van der Waals surface area contributed by atoms with Gasteiger partial charge >= 0.3 is 0 Å². The van der Waals surface area contributed by atoms with Crippen molar-refractivity contribution in [2.45, 2.75) is 26.2 Å². The van der Waals surface area contributed by atoms with E-state index in [-0.39, 0.29) is 5.41 Å². The summed E-state index contributed by atoms with van der Waals surface area (Å²) in [6, 6.07) is 10.6.